The van der Waals surface area contributed by atoms with Gasteiger partial charge in [0.05, 0.1) is 13.1 Å². The minimum absolute atomic E-state index is 0.249. The third kappa shape index (κ3) is 3.51. The Kier molecular flexibility index (Phi) is 4.02. The molecule has 0 radical (unpaired) electrons. The highest BCUT2D eigenvalue weighted by molar-refractivity contribution is 5.51. The Bertz CT molecular complexity index is 664. The van der Waals surface area contributed by atoms with Crippen molar-refractivity contribution in [2.75, 3.05) is 0 Å². The van der Waals surface area contributed by atoms with E-state index in [2.05, 4.69) is 32.5 Å². The van der Waals surface area contributed by atoms with Crippen LogP contribution in [0.3, 0.4) is 0 Å². The monoisotopic (exact) mass is 284 g/mol. The second-order valence-electron chi connectivity index (χ2n) is 4.76. The molecular weight excluding hydrogens is 268 g/mol. The van der Waals surface area contributed by atoms with Gasteiger partial charge in [-0.15, -0.1) is 0 Å². The summed E-state index contributed by atoms with van der Waals surface area (Å²) >= 11 is 0. The predicted molar refractivity (Wildman–Crippen MR) is 76.1 cm³/mol. The second-order valence-corrected chi connectivity index (χ2v) is 4.76. The first kappa shape index (κ1) is 13.4. The third-order valence-corrected chi connectivity index (χ3v) is 3.01. The van der Waals surface area contributed by atoms with E-state index in [0.29, 0.717) is 18.3 Å². The van der Waals surface area contributed by atoms with Crippen molar-refractivity contribution in [3.8, 4) is 11.4 Å². The number of aromatic nitrogens is 5. The maximum atomic E-state index is 5.23. The van der Waals surface area contributed by atoms with Crippen LogP contribution in [0.4, 0.5) is 0 Å². The first-order valence-electron chi connectivity index (χ1n) is 6.75. The summed E-state index contributed by atoms with van der Waals surface area (Å²) in [7, 11) is 0. The fourth-order valence-electron chi connectivity index (χ4n) is 1.95. The van der Waals surface area contributed by atoms with Gasteiger partial charge in [0, 0.05) is 36.4 Å². The smallest absolute Gasteiger partial charge is 0.240 e. The Morgan fingerprint density at radius 3 is 3.05 bits per heavy atom. The fourth-order valence-corrected chi connectivity index (χ4v) is 1.95. The van der Waals surface area contributed by atoms with Crippen LogP contribution in [0.25, 0.3) is 11.4 Å². The highest BCUT2D eigenvalue weighted by atomic mass is 16.5. The van der Waals surface area contributed by atoms with E-state index in [1.807, 2.05) is 29.1 Å². The van der Waals surface area contributed by atoms with Crippen LogP contribution in [0.15, 0.2) is 47.5 Å². The SMILES string of the molecule is C[C@H](Cn1cccn1)NCc1nc(-c2cccnc2)no1. The highest BCUT2D eigenvalue weighted by Crippen LogP contribution is 2.13. The van der Waals surface area contributed by atoms with Gasteiger partial charge < -0.3 is 9.84 Å². The first-order chi connectivity index (χ1) is 10.3. The largest absolute Gasteiger partial charge is 0.338 e. The lowest BCUT2D eigenvalue weighted by Crippen LogP contribution is -2.30. The Morgan fingerprint density at radius 1 is 1.33 bits per heavy atom. The van der Waals surface area contributed by atoms with Gasteiger partial charge in [-0.25, -0.2) is 0 Å². The van der Waals surface area contributed by atoms with Gasteiger partial charge in [0.15, 0.2) is 0 Å². The standard InChI is InChI=1S/C14H16N6O/c1-11(10-20-7-3-6-17-20)16-9-13-18-14(19-21-13)12-4-2-5-15-8-12/h2-8,11,16H,9-10H2,1H3/t11-/m1/s1. The zero-order valence-electron chi connectivity index (χ0n) is 11.7. The average Bonchev–Trinajstić information content (AvgIpc) is 3.17. The van der Waals surface area contributed by atoms with Gasteiger partial charge in [-0.05, 0) is 25.1 Å². The summed E-state index contributed by atoms with van der Waals surface area (Å²) in [4.78, 5) is 8.39. The maximum Gasteiger partial charge on any atom is 0.240 e. The lowest BCUT2D eigenvalue weighted by atomic mass is 10.3. The van der Waals surface area contributed by atoms with E-state index in [1.54, 1.807) is 18.6 Å². The molecule has 0 bridgehead atoms. The van der Waals surface area contributed by atoms with Crippen LogP contribution in [-0.4, -0.2) is 30.9 Å². The molecule has 0 aliphatic carbocycles. The molecule has 3 heterocycles. The van der Waals surface area contributed by atoms with E-state index in [0.717, 1.165) is 12.1 Å². The molecule has 7 heteroatoms. The normalized spacial score (nSPS) is 12.4. The molecule has 0 fully saturated rings. The lowest BCUT2D eigenvalue weighted by Gasteiger charge is -2.11. The van der Waals surface area contributed by atoms with Crippen LogP contribution in [0.5, 0.6) is 0 Å². The summed E-state index contributed by atoms with van der Waals surface area (Å²) in [5, 5.41) is 11.5. The maximum absolute atomic E-state index is 5.23. The van der Waals surface area contributed by atoms with Gasteiger partial charge >= 0.3 is 0 Å². The Balaban J connectivity index is 1.55. The number of hydrogen-bond donors (Lipinski definition) is 1. The van der Waals surface area contributed by atoms with Crippen LogP contribution in [0.2, 0.25) is 0 Å². The molecule has 0 aliphatic rings. The zero-order valence-corrected chi connectivity index (χ0v) is 11.7. The van der Waals surface area contributed by atoms with Crippen molar-refractivity contribution in [1.29, 1.82) is 0 Å². The van der Waals surface area contributed by atoms with Crippen molar-refractivity contribution in [3.63, 3.8) is 0 Å². The molecule has 3 aromatic rings. The Labute approximate surface area is 122 Å². The second kappa shape index (κ2) is 6.27. The summed E-state index contributed by atoms with van der Waals surface area (Å²) in [6.45, 7) is 3.40. The van der Waals surface area contributed by atoms with E-state index in [1.165, 1.54) is 0 Å². The quantitative estimate of drug-likeness (QED) is 0.739. The van der Waals surface area contributed by atoms with Crippen LogP contribution in [-0.2, 0) is 13.1 Å². The summed E-state index contributed by atoms with van der Waals surface area (Å²) in [5.74, 6) is 1.11. The minimum atomic E-state index is 0.249. The van der Waals surface area contributed by atoms with Crippen LogP contribution >= 0.6 is 0 Å². The Morgan fingerprint density at radius 2 is 2.29 bits per heavy atom. The van der Waals surface area contributed by atoms with Crippen LogP contribution in [0.1, 0.15) is 12.8 Å². The van der Waals surface area contributed by atoms with E-state index < -0.39 is 0 Å². The van der Waals surface area contributed by atoms with Crippen molar-refractivity contribution in [1.82, 2.24) is 30.2 Å². The van der Waals surface area contributed by atoms with Crippen LogP contribution < -0.4 is 5.32 Å². The molecular formula is C14H16N6O. The number of rotatable bonds is 6. The van der Waals surface area contributed by atoms with E-state index in [9.17, 15) is 0 Å². The number of pyridine rings is 1. The predicted octanol–water partition coefficient (Wildman–Crippen LogP) is 1.51. The molecule has 7 nitrogen and oxygen atoms in total. The lowest BCUT2D eigenvalue weighted by molar-refractivity contribution is 0.350. The Hall–Kier alpha value is -2.54. The topological polar surface area (TPSA) is 81.7 Å². The van der Waals surface area contributed by atoms with Crippen molar-refractivity contribution in [3.05, 3.63) is 48.9 Å². The zero-order chi connectivity index (χ0) is 14.5. The molecule has 0 aromatic carbocycles. The summed E-state index contributed by atoms with van der Waals surface area (Å²) in [5.41, 5.74) is 0.845. The van der Waals surface area contributed by atoms with Gasteiger partial charge in [0.25, 0.3) is 0 Å². The molecule has 0 amide bonds. The van der Waals surface area contributed by atoms with Gasteiger partial charge in [0.1, 0.15) is 0 Å². The molecule has 0 saturated carbocycles. The summed E-state index contributed by atoms with van der Waals surface area (Å²) in [6.07, 6.45) is 7.13. The van der Waals surface area contributed by atoms with Gasteiger partial charge in [-0.3, -0.25) is 9.67 Å². The van der Waals surface area contributed by atoms with Crippen molar-refractivity contribution in [2.45, 2.75) is 26.1 Å². The molecule has 3 rings (SSSR count). The molecule has 3 aromatic heterocycles. The highest BCUT2D eigenvalue weighted by Gasteiger charge is 2.10. The molecule has 0 aliphatic heterocycles. The molecule has 1 atom stereocenters. The van der Waals surface area contributed by atoms with Gasteiger partial charge in [-0.2, -0.15) is 10.1 Å². The average molecular weight is 284 g/mol. The first-order valence-corrected chi connectivity index (χ1v) is 6.75. The van der Waals surface area contributed by atoms with Gasteiger partial charge in [0.2, 0.25) is 11.7 Å². The molecule has 0 spiro atoms. The van der Waals surface area contributed by atoms with Crippen molar-refractivity contribution >= 4 is 0 Å². The van der Waals surface area contributed by atoms with Crippen molar-refractivity contribution < 1.29 is 4.52 Å². The molecule has 0 saturated heterocycles. The molecule has 1 N–H and O–H groups in total. The van der Waals surface area contributed by atoms with Crippen LogP contribution in [0, 0.1) is 0 Å². The van der Waals surface area contributed by atoms with E-state index >= 15 is 0 Å². The van der Waals surface area contributed by atoms with Crippen molar-refractivity contribution in [2.24, 2.45) is 0 Å². The minimum Gasteiger partial charge on any atom is -0.338 e. The molecule has 108 valence electrons. The third-order valence-electron chi connectivity index (χ3n) is 3.01. The van der Waals surface area contributed by atoms with E-state index in [-0.39, 0.29) is 6.04 Å². The van der Waals surface area contributed by atoms with Gasteiger partial charge in [-0.1, -0.05) is 5.16 Å². The number of nitrogens with one attached hydrogen (secondary N) is 1. The number of hydrogen-bond acceptors (Lipinski definition) is 6. The fraction of sp³-hybridized carbons (Fsp3) is 0.286. The number of nitrogens with zero attached hydrogens (tertiary/aromatic N) is 5. The molecule has 21 heavy (non-hydrogen) atoms. The summed E-state index contributed by atoms with van der Waals surface area (Å²) < 4.78 is 7.11. The molecule has 0 unspecified atom stereocenters. The van der Waals surface area contributed by atoms with E-state index in [4.69, 9.17) is 4.52 Å². The summed E-state index contributed by atoms with van der Waals surface area (Å²) in [6, 6.07) is 5.90.